The summed E-state index contributed by atoms with van der Waals surface area (Å²) < 4.78 is 0. The predicted octanol–water partition coefficient (Wildman–Crippen LogP) is 3.14. The van der Waals surface area contributed by atoms with Gasteiger partial charge in [-0.05, 0) is 47.5 Å². The lowest BCUT2D eigenvalue weighted by Gasteiger charge is -2.11. The smallest absolute Gasteiger partial charge is 0.249 e. The molecule has 172 valence electrons. The van der Waals surface area contributed by atoms with Crippen LogP contribution in [0.15, 0.2) is 70.9 Å². The number of benzene rings is 2. The molecule has 0 unspecified atom stereocenters. The molecule has 0 saturated heterocycles. The molecule has 33 heavy (non-hydrogen) atoms. The van der Waals surface area contributed by atoms with E-state index in [0.29, 0.717) is 0 Å². The Hall–Kier alpha value is -4.20. The second-order valence-electron chi connectivity index (χ2n) is 7.49. The van der Waals surface area contributed by atoms with Crippen molar-refractivity contribution < 1.29 is 9.59 Å². The number of carbonyl (C=O) groups excluding carboxylic acids is 2. The molecule has 0 aliphatic rings. The SMILES string of the molecule is CN(C)c1ccc(/C=C/C=N/NC(=O)CC(=O)N/N=C/C=C/c2ccc(N(C)C)cc2)cc1. The summed E-state index contributed by atoms with van der Waals surface area (Å²) >= 11 is 0. The molecular weight excluding hydrogens is 416 g/mol. The first-order valence-corrected chi connectivity index (χ1v) is 10.4. The summed E-state index contributed by atoms with van der Waals surface area (Å²) in [4.78, 5) is 27.6. The molecule has 8 heteroatoms. The first-order valence-electron chi connectivity index (χ1n) is 10.4. The van der Waals surface area contributed by atoms with Crippen LogP contribution >= 0.6 is 0 Å². The van der Waals surface area contributed by atoms with Gasteiger partial charge in [-0.2, -0.15) is 10.2 Å². The van der Waals surface area contributed by atoms with E-state index in [1.165, 1.54) is 12.4 Å². The Balaban J connectivity index is 1.67. The van der Waals surface area contributed by atoms with Crippen molar-refractivity contribution in [2.45, 2.75) is 6.42 Å². The highest BCUT2D eigenvalue weighted by Gasteiger charge is 2.06. The fraction of sp³-hybridized carbons (Fsp3) is 0.200. The zero-order valence-corrected chi connectivity index (χ0v) is 19.4. The van der Waals surface area contributed by atoms with Crippen LogP contribution in [0.3, 0.4) is 0 Å². The van der Waals surface area contributed by atoms with Crippen molar-refractivity contribution in [2.24, 2.45) is 10.2 Å². The summed E-state index contributed by atoms with van der Waals surface area (Å²) in [5.74, 6) is -1.06. The first-order chi connectivity index (χ1) is 15.8. The van der Waals surface area contributed by atoms with Gasteiger partial charge < -0.3 is 9.80 Å². The van der Waals surface area contributed by atoms with Gasteiger partial charge >= 0.3 is 0 Å². The normalized spacial score (nSPS) is 11.5. The largest absolute Gasteiger partial charge is 0.378 e. The Morgan fingerprint density at radius 3 is 1.39 bits per heavy atom. The molecule has 0 aromatic heterocycles. The van der Waals surface area contributed by atoms with E-state index in [9.17, 15) is 9.59 Å². The number of rotatable bonds is 10. The predicted molar refractivity (Wildman–Crippen MR) is 137 cm³/mol. The van der Waals surface area contributed by atoms with Crippen molar-refractivity contribution in [2.75, 3.05) is 38.0 Å². The van der Waals surface area contributed by atoms with E-state index in [1.54, 1.807) is 12.2 Å². The van der Waals surface area contributed by atoms with Crippen LogP contribution in [-0.4, -0.2) is 52.4 Å². The van der Waals surface area contributed by atoms with Gasteiger partial charge in [-0.1, -0.05) is 36.4 Å². The van der Waals surface area contributed by atoms with Crippen molar-refractivity contribution in [3.63, 3.8) is 0 Å². The number of allylic oxidation sites excluding steroid dienone is 2. The molecule has 0 radical (unpaired) electrons. The second kappa shape index (κ2) is 13.3. The molecular formula is C25H30N6O2. The fourth-order valence-corrected chi connectivity index (χ4v) is 2.60. The van der Waals surface area contributed by atoms with Crippen molar-refractivity contribution in [1.82, 2.24) is 10.9 Å². The summed E-state index contributed by atoms with van der Waals surface area (Å²) in [5.41, 5.74) is 8.85. The summed E-state index contributed by atoms with van der Waals surface area (Å²) in [7, 11) is 7.93. The number of amides is 2. The van der Waals surface area contributed by atoms with Crippen LogP contribution in [0.5, 0.6) is 0 Å². The van der Waals surface area contributed by atoms with E-state index in [-0.39, 0.29) is 6.42 Å². The van der Waals surface area contributed by atoms with E-state index < -0.39 is 11.8 Å². The third-order valence-corrected chi connectivity index (χ3v) is 4.42. The van der Waals surface area contributed by atoms with Crippen LogP contribution in [0.1, 0.15) is 17.5 Å². The maximum absolute atomic E-state index is 11.8. The Bertz CT molecular complexity index is 936. The molecule has 2 rings (SSSR count). The molecule has 2 aromatic carbocycles. The van der Waals surface area contributed by atoms with E-state index in [0.717, 1.165) is 22.5 Å². The molecule has 0 fully saturated rings. The average Bonchev–Trinajstić information content (AvgIpc) is 2.79. The molecule has 2 N–H and O–H groups in total. The van der Waals surface area contributed by atoms with Gasteiger partial charge in [0.2, 0.25) is 11.8 Å². The number of carbonyl (C=O) groups is 2. The van der Waals surface area contributed by atoms with Gasteiger partial charge in [0.1, 0.15) is 6.42 Å². The zero-order chi connectivity index (χ0) is 24.1. The topological polar surface area (TPSA) is 89.4 Å². The maximum Gasteiger partial charge on any atom is 0.249 e. The second-order valence-corrected chi connectivity index (χ2v) is 7.49. The number of hydrogen-bond donors (Lipinski definition) is 2. The van der Waals surface area contributed by atoms with E-state index in [1.807, 2.05) is 98.7 Å². The fourth-order valence-electron chi connectivity index (χ4n) is 2.60. The molecule has 0 bridgehead atoms. The summed E-state index contributed by atoms with van der Waals surface area (Å²) in [6, 6.07) is 16.0. The van der Waals surface area contributed by atoms with Gasteiger partial charge in [0.25, 0.3) is 0 Å². The highest BCUT2D eigenvalue weighted by atomic mass is 16.2. The monoisotopic (exact) mass is 446 g/mol. The van der Waals surface area contributed by atoms with Crippen molar-refractivity contribution >= 4 is 47.8 Å². The molecule has 0 aliphatic heterocycles. The maximum atomic E-state index is 11.8. The van der Waals surface area contributed by atoms with Crippen LogP contribution in [-0.2, 0) is 9.59 Å². The van der Waals surface area contributed by atoms with Crippen molar-refractivity contribution in [3.8, 4) is 0 Å². The van der Waals surface area contributed by atoms with Crippen LogP contribution in [0.4, 0.5) is 11.4 Å². The number of nitrogens with one attached hydrogen (secondary N) is 2. The Labute approximate surface area is 195 Å². The molecule has 0 heterocycles. The van der Waals surface area contributed by atoms with Crippen LogP contribution in [0, 0.1) is 0 Å². The lowest BCUT2D eigenvalue weighted by molar-refractivity contribution is -0.129. The van der Waals surface area contributed by atoms with E-state index >= 15 is 0 Å². The third kappa shape index (κ3) is 9.65. The number of nitrogens with zero attached hydrogens (tertiary/aromatic N) is 4. The van der Waals surface area contributed by atoms with Crippen molar-refractivity contribution in [1.29, 1.82) is 0 Å². The average molecular weight is 447 g/mol. The van der Waals surface area contributed by atoms with Gasteiger partial charge in [0, 0.05) is 52.0 Å². The number of hydrazone groups is 2. The lowest BCUT2D eigenvalue weighted by atomic mass is 10.2. The Kier molecular flexibility index (Phi) is 10.1. The van der Waals surface area contributed by atoms with Crippen LogP contribution in [0.2, 0.25) is 0 Å². The zero-order valence-electron chi connectivity index (χ0n) is 19.4. The molecule has 2 aromatic rings. The summed E-state index contributed by atoms with van der Waals surface area (Å²) in [6.07, 6.45) is 9.65. The quantitative estimate of drug-likeness (QED) is 0.333. The molecule has 2 amide bonds. The highest BCUT2D eigenvalue weighted by molar-refractivity contribution is 5.97. The van der Waals surface area contributed by atoms with Crippen LogP contribution in [0.25, 0.3) is 12.2 Å². The molecule has 8 nitrogen and oxygen atoms in total. The van der Waals surface area contributed by atoms with E-state index in [4.69, 9.17) is 0 Å². The minimum Gasteiger partial charge on any atom is -0.378 e. The molecule has 0 aliphatic carbocycles. The molecule has 0 atom stereocenters. The van der Waals surface area contributed by atoms with Crippen molar-refractivity contribution in [3.05, 3.63) is 71.8 Å². The minimum atomic E-state index is -0.529. The minimum absolute atomic E-state index is 0.375. The van der Waals surface area contributed by atoms with Gasteiger partial charge in [0.05, 0.1) is 0 Å². The summed E-state index contributed by atoms with van der Waals surface area (Å²) in [6.45, 7) is 0. The lowest BCUT2D eigenvalue weighted by Crippen LogP contribution is -2.26. The Morgan fingerprint density at radius 1 is 0.697 bits per heavy atom. The molecule has 0 spiro atoms. The third-order valence-electron chi connectivity index (χ3n) is 4.42. The van der Waals surface area contributed by atoms with Gasteiger partial charge in [-0.3, -0.25) is 9.59 Å². The van der Waals surface area contributed by atoms with Gasteiger partial charge in [-0.25, -0.2) is 10.9 Å². The number of hydrogen-bond acceptors (Lipinski definition) is 6. The number of anilines is 2. The Morgan fingerprint density at radius 2 is 1.06 bits per heavy atom. The summed E-state index contributed by atoms with van der Waals surface area (Å²) in [5, 5.41) is 7.59. The first kappa shape index (κ1) is 25.1. The van der Waals surface area contributed by atoms with Gasteiger partial charge in [-0.15, -0.1) is 0 Å². The van der Waals surface area contributed by atoms with Gasteiger partial charge in [0.15, 0.2) is 0 Å². The molecule has 0 saturated carbocycles. The highest BCUT2D eigenvalue weighted by Crippen LogP contribution is 2.13. The van der Waals surface area contributed by atoms with E-state index in [2.05, 4.69) is 21.1 Å². The van der Waals surface area contributed by atoms with Crippen LogP contribution < -0.4 is 20.7 Å². The standard InChI is InChI=1S/C25H30N6O2/c1-30(2)22-13-9-20(10-14-22)7-5-17-26-28-24(32)19-25(33)29-27-18-6-8-21-11-15-23(16-12-21)31(3)4/h5-18H,19H2,1-4H3,(H,28,32)(H,29,33)/b7-5+,8-6+,26-17+,27-18+.